The van der Waals surface area contributed by atoms with Crippen molar-refractivity contribution in [2.45, 2.75) is 45.4 Å². The van der Waals surface area contributed by atoms with Gasteiger partial charge >= 0.3 is 6.09 Å². The average molecular weight is 427 g/mol. The molecular weight excluding hydrogens is 392 g/mol. The number of thioether (sulfide) groups is 2. The minimum atomic E-state index is -0.424. The normalized spacial score (nSPS) is 13.2. The molecular formula is C21H34N2O3S2. The highest BCUT2D eigenvalue weighted by Crippen LogP contribution is 2.09. The number of nitrogens with one attached hydrogen (secondary N) is 2. The monoisotopic (exact) mass is 426 g/mol. The Labute approximate surface area is 178 Å². The number of rotatable bonds is 14. The van der Waals surface area contributed by atoms with Gasteiger partial charge in [0.1, 0.15) is 6.61 Å². The molecule has 1 aromatic rings. The molecule has 0 aliphatic rings. The molecule has 0 heterocycles. The van der Waals surface area contributed by atoms with Crippen LogP contribution in [0.15, 0.2) is 30.3 Å². The molecule has 2 unspecified atom stereocenters. The molecule has 28 heavy (non-hydrogen) atoms. The molecule has 5 nitrogen and oxygen atoms in total. The summed E-state index contributed by atoms with van der Waals surface area (Å²) in [6.07, 6.45) is 5.18. The highest BCUT2D eigenvalue weighted by molar-refractivity contribution is 7.99. The lowest BCUT2D eigenvalue weighted by Crippen LogP contribution is -2.48. The summed E-state index contributed by atoms with van der Waals surface area (Å²) in [6.45, 7) is 5.04. The second kappa shape index (κ2) is 14.8. The van der Waals surface area contributed by atoms with Gasteiger partial charge in [0, 0.05) is 12.6 Å². The smallest absolute Gasteiger partial charge is 0.407 e. The van der Waals surface area contributed by atoms with Gasteiger partial charge in [0.25, 0.3) is 0 Å². The number of benzene rings is 1. The van der Waals surface area contributed by atoms with Gasteiger partial charge in [0.15, 0.2) is 5.78 Å². The summed E-state index contributed by atoms with van der Waals surface area (Å²) < 4.78 is 5.35. The molecule has 1 aromatic carbocycles. The molecule has 0 radical (unpaired) electrons. The summed E-state index contributed by atoms with van der Waals surface area (Å²) in [5.41, 5.74) is 0.955. The van der Waals surface area contributed by atoms with Gasteiger partial charge in [0.2, 0.25) is 0 Å². The molecule has 0 bridgehead atoms. The van der Waals surface area contributed by atoms with E-state index < -0.39 is 6.09 Å². The van der Waals surface area contributed by atoms with Crippen molar-refractivity contribution >= 4 is 35.4 Å². The number of carbonyl (C=O) groups is 2. The summed E-state index contributed by atoms with van der Waals surface area (Å²) in [5.74, 6) is 2.08. The van der Waals surface area contributed by atoms with Gasteiger partial charge in [-0.2, -0.15) is 23.5 Å². The van der Waals surface area contributed by atoms with Crippen molar-refractivity contribution in [2.24, 2.45) is 5.92 Å². The number of hydrogen-bond donors (Lipinski definition) is 2. The van der Waals surface area contributed by atoms with Crippen molar-refractivity contribution in [3.8, 4) is 0 Å². The van der Waals surface area contributed by atoms with Crippen LogP contribution in [0.2, 0.25) is 0 Å². The van der Waals surface area contributed by atoms with Gasteiger partial charge in [0.05, 0.1) is 11.8 Å². The molecule has 0 saturated heterocycles. The first-order valence-corrected chi connectivity index (χ1v) is 12.5. The van der Waals surface area contributed by atoms with E-state index in [0.29, 0.717) is 18.2 Å². The minimum Gasteiger partial charge on any atom is -0.445 e. The SMILES string of the molecule is CSCCC(NCC(CC(C)C)NC(=O)OCc1ccccc1)C(=O)CSC. The van der Waals surface area contributed by atoms with Crippen molar-refractivity contribution in [3.05, 3.63) is 35.9 Å². The first-order chi connectivity index (χ1) is 13.5. The van der Waals surface area contributed by atoms with E-state index in [0.717, 1.165) is 24.2 Å². The van der Waals surface area contributed by atoms with Gasteiger partial charge in [-0.15, -0.1) is 0 Å². The molecule has 0 fully saturated rings. The number of amides is 1. The minimum absolute atomic E-state index is 0.0814. The third-order valence-electron chi connectivity index (χ3n) is 4.19. The van der Waals surface area contributed by atoms with E-state index in [2.05, 4.69) is 24.5 Å². The molecule has 7 heteroatoms. The Hall–Kier alpha value is -1.18. The Morgan fingerprint density at radius 1 is 1.11 bits per heavy atom. The summed E-state index contributed by atoms with van der Waals surface area (Å²) >= 11 is 3.28. The highest BCUT2D eigenvalue weighted by atomic mass is 32.2. The number of carbonyl (C=O) groups excluding carboxylic acids is 2. The lowest BCUT2D eigenvalue weighted by Gasteiger charge is -2.24. The Morgan fingerprint density at radius 2 is 1.82 bits per heavy atom. The third-order valence-corrected chi connectivity index (χ3v) is 5.40. The maximum Gasteiger partial charge on any atom is 0.407 e. The molecule has 1 rings (SSSR count). The van der Waals surface area contributed by atoms with Crippen LogP contribution in [0, 0.1) is 5.92 Å². The second-order valence-corrected chi connectivity index (χ2v) is 9.03. The van der Waals surface area contributed by atoms with Crippen LogP contribution in [0.1, 0.15) is 32.3 Å². The molecule has 158 valence electrons. The van der Waals surface area contributed by atoms with Crippen LogP contribution in [0.25, 0.3) is 0 Å². The molecule has 0 spiro atoms. The van der Waals surface area contributed by atoms with E-state index >= 15 is 0 Å². The summed E-state index contributed by atoms with van der Waals surface area (Å²) in [7, 11) is 0. The third kappa shape index (κ3) is 11.0. The van der Waals surface area contributed by atoms with E-state index in [1.807, 2.05) is 42.8 Å². The zero-order valence-electron chi connectivity index (χ0n) is 17.4. The van der Waals surface area contributed by atoms with Crippen molar-refractivity contribution in [1.29, 1.82) is 0 Å². The van der Waals surface area contributed by atoms with E-state index in [-0.39, 0.29) is 24.5 Å². The first-order valence-electron chi connectivity index (χ1n) is 9.67. The lowest BCUT2D eigenvalue weighted by molar-refractivity contribution is -0.118. The molecule has 1 amide bonds. The Bertz CT molecular complexity index is 570. The van der Waals surface area contributed by atoms with Crippen LogP contribution in [0.3, 0.4) is 0 Å². The average Bonchev–Trinajstić information content (AvgIpc) is 2.66. The molecule has 0 aliphatic heterocycles. The number of ether oxygens (including phenoxy) is 1. The largest absolute Gasteiger partial charge is 0.445 e. The summed E-state index contributed by atoms with van der Waals surface area (Å²) in [5, 5.41) is 6.33. The number of hydrogen-bond acceptors (Lipinski definition) is 6. The Balaban J connectivity index is 2.57. The molecule has 0 saturated carbocycles. The van der Waals surface area contributed by atoms with Crippen molar-refractivity contribution in [3.63, 3.8) is 0 Å². The number of ketones is 1. The summed E-state index contributed by atoms with van der Waals surface area (Å²) in [6, 6.07) is 9.37. The quantitative estimate of drug-likeness (QED) is 0.469. The molecule has 2 N–H and O–H groups in total. The maximum atomic E-state index is 12.4. The predicted molar refractivity (Wildman–Crippen MR) is 121 cm³/mol. The van der Waals surface area contributed by atoms with Gasteiger partial charge in [-0.25, -0.2) is 4.79 Å². The van der Waals surface area contributed by atoms with Gasteiger partial charge in [-0.1, -0.05) is 44.2 Å². The lowest BCUT2D eigenvalue weighted by atomic mass is 10.0. The van der Waals surface area contributed by atoms with Gasteiger partial charge in [-0.05, 0) is 42.6 Å². The van der Waals surface area contributed by atoms with Crippen LogP contribution >= 0.6 is 23.5 Å². The summed E-state index contributed by atoms with van der Waals surface area (Å²) in [4.78, 5) is 24.6. The topological polar surface area (TPSA) is 67.4 Å². The zero-order chi connectivity index (χ0) is 20.8. The van der Waals surface area contributed by atoms with E-state index in [4.69, 9.17) is 4.74 Å². The number of Topliss-reactive ketones (excluding diaryl/α,β-unsaturated/α-hetero) is 1. The van der Waals surface area contributed by atoms with Gasteiger partial charge in [-0.3, -0.25) is 4.79 Å². The van der Waals surface area contributed by atoms with Gasteiger partial charge < -0.3 is 15.4 Å². The van der Waals surface area contributed by atoms with Crippen molar-refractivity contribution in [1.82, 2.24) is 10.6 Å². The fourth-order valence-electron chi connectivity index (χ4n) is 2.83. The Morgan fingerprint density at radius 3 is 2.43 bits per heavy atom. The fourth-order valence-corrected chi connectivity index (χ4v) is 3.79. The van der Waals surface area contributed by atoms with Crippen LogP contribution < -0.4 is 10.6 Å². The van der Waals surface area contributed by atoms with Crippen molar-refractivity contribution < 1.29 is 14.3 Å². The first kappa shape index (κ1) is 24.9. The Kier molecular flexibility index (Phi) is 13.1. The van der Waals surface area contributed by atoms with Crippen molar-refractivity contribution in [2.75, 3.05) is 30.6 Å². The second-order valence-electron chi connectivity index (χ2n) is 7.17. The molecule has 0 aliphatic carbocycles. The molecule has 0 aromatic heterocycles. The fraction of sp³-hybridized carbons (Fsp3) is 0.619. The number of alkyl carbamates (subject to hydrolysis) is 1. The van der Waals surface area contributed by atoms with Crippen LogP contribution in [0.5, 0.6) is 0 Å². The van der Waals surface area contributed by atoms with E-state index in [1.54, 1.807) is 23.5 Å². The van der Waals surface area contributed by atoms with E-state index in [1.165, 1.54) is 0 Å². The molecule has 2 atom stereocenters. The van der Waals surface area contributed by atoms with Crippen LogP contribution in [0.4, 0.5) is 4.79 Å². The van der Waals surface area contributed by atoms with E-state index in [9.17, 15) is 9.59 Å². The van der Waals surface area contributed by atoms with Crippen LogP contribution in [-0.4, -0.2) is 54.5 Å². The predicted octanol–water partition coefficient (Wildman–Crippen LogP) is 3.97. The van der Waals surface area contributed by atoms with Crippen LogP contribution in [-0.2, 0) is 16.1 Å². The maximum absolute atomic E-state index is 12.4. The standard InChI is InChI=1S/C21H34N2O3S2/c1-16(2)12-18(13-22-19(10-11-27-3)20(24)15-28-4)23-21(25)26-14-17-8-6-5-7-9-17/h5-9,16,18-19,22H,10-15H2,1-4H3,(H,23,25). The zero-order valence-corrected chi connectivity index (χ0v) is 19.0. The highest BCUT2D eigenvalue weighted by Gasteiger charge is 2.21.